The maximum absolute atomic E-state index is 11.9. The summed E-state index contributed by atoms with van der Waals surface area (Å²) in [6.07, 6.45) is 2.13. The van der Waals surface area contributed by atoms with Gasteiger partial charge in [0.2, 0.25) is 12.7 Å². The third kappa shape index (κ3) is 1.86. The number of carbonyl (C=O) groups excluding carboxylic acids is 1. The first-order valence-electron chi connectivity index (χ1n) is 6.54. The van der Waals surface area contributed by atoms with E-state index in [0.29, 0.717) is 22.9 Å². The van der Waals surface area contributed by atoms with Crippen LogP contribution in [-0.4, -0.2) is 22.5 Å². The molecule has 0 unspecified atom stereocenters. The SMILES string of the molecule is Cn1ncc2c1NC(=O)C[C@H]2c1cc(Cl)c2c(c1)OCO2. The van der Waals surface area contributed by atoms with E-state index in [4.69, 9.17) is 21.1 Å². The van der Waals surface area contributed by atoms with E-state index < -0.39 is 0 Å². The van der Waals surface area contributed by atoms with Gasteiger partial charge in [0.15, 0.2) is 11.5 Å². The summed E-state index contributed by atoms with van der Waals surface area (Å²) in [5.41, 5.74) is 1.90. The quantitative estimate of drug-likeness (QED) is 0.878. The molecule has 0 spiro atoms. The molecule has 0 aliphatic carbocycles. The molecule has 2 aliphatic rings. The molecule has 0 saturated heterocycles. The number of carbonyl (C=O) groups is 1. The average Bonchev–Trinajstić information content (AvgIpc) is 3.06. The van der Waals surface area contributed by atoms with Gasteiger partial charge in [-0.2, -0.15) is 5.10 Å². The van der Waals surface area contributed by atoms with Crippen molar-refractivity contribution in [2.45, 2.75) is 12.3 Å². The standard InChI is InChI=1S/C14H12ClN3O3/c1-18-14-9(5-16-18)8(4-12(19)17-14)7-2-10(15)13-11(3-7)20-6-21-13/h2-3,5,8H,4,6H2,1H3,(H,17,19)/t8-/m0/s1. The highest BCUT2D eigenvalue weighted by atomic mass is 35.5. The van der Waals surface area contributed by atoms with Gasteiger partial charge >= 0.3 is 0 Å². The number of nitrogens with zero attached hydrogens (tertiary/aromatic N) is 2. The lowest BCUT2D eigenvalue weighted by atomic mass is 9.87. The highest BCUT2D eigenvalue weighted by molar-refractivity contribution is 6.32. The van der Waals surface area contributed by atoms with Crippen molar-refractivity contribution in [1.29, 1.82) is 0 Å². The number of ether oxygens (including phenoxy) is 2. The molecular weight excluding hydrogens is 294 g/mol. The average molecular weight is 306 g/mol. The van der Waals surface area contributed by atoms with Crippen LogP contribution in [-0.2, 0) is 11.8 Å². The predicted molar refractivity (Wildman–Crippen MR) is 75.9 cm³/mol. The molecule has 2 aliphatic heterocycles. The van der Waals surface area contributed by atoms with E-state index in [1.807, 2.05) is 12.1 Å². The van der Waals surface area contributed by atoms with Gasteiger partial charge in [0.25, 0.3) is 0 Å². The molecule has 1 aromatic heterocycles. The zero-order valence-electron chi connectivity index (χ0n) is 11.2. The van der Waals surface area contributed by atoms with Gasteiger partial charge in [-0.05, 0) is 17.7 Å². The van der Waals surface area contributed by atoms with E-state index in [-0.39, 0.29) is 18.6 Å². The van der Waals surface area contributed by atoms with Crippen LogP contribution in [0, 0.1) is 0 Å². The Bertz CT molecular complexity index is 756. The number of hydrogen-bond donors (Lipinski definition) is 1. The Morgan fingerprint density at radius 2 is 2.29 bits per heavy atom. The van der Waals surface area contributed by atoms with E-state index in [1.165, 1.54) is 0 Å². The Kier molecular flexibility index (Phi) is 2.62. The number of fused-ring (bicyclic) bond motifs is 2. The normalized spacial score (nSPS) is 19.3. The largest absolute Gasteiger partial charge is 0.454 e. The van der Waals surface area contributed by atoms with Crippen molar-refractivity contribution in [3.8, 4) is 11.5 Å². The molecule has 0 bridgehead atoms. The number of aromatic nitrogens is 2. The Morgan fingerprint density at radius 3 is 3.14 bits per heavy atom. The minimum atomic E-state index is -0.0885. The molecule has 4 rings (SSSR count). The summed E-state index contributed by atoms with van der Waals surface area (Å²) in [6, 6.07) is 3.71. The molecule has 3 heterocycles. The summed E-state index contributed by atoms with van der Waals surface area (Å²) >= 11 is 6.24. The Labute approximate surface area is 125 Å². The van der Waals surface area contributed by atoms with Crippen LogP contribution in [0.3, 0.4) is 0 Å². The minimum Gasteiger partial charge on any atom is -0.454 e. The number of amides is 1. The molecule has 1 aromatic carbocycles. The van der Waals surface area contributed by atoms with Gasteiger partial charge in [-0.3, -0.25) is 9.48 Å². The van der Waals surface area contributed by atoms with Crippen molar-refractivity contribution in [2.24, 2.45) is 7.05 Å². The number of halogens is 1. The summed E-state index contributed by atoms with van der Waals surface area (Å²) in [6.45, 7) is 0.168. The molecule has 108 valence electrons. The smallest absolute Gasteiger partial charge is 0.231 e. The second-order valence-corrected chi connectivity index (χ2v) is 5.52. The highest BCUT2D eigenvalue weighted by Crippen LogP contribution is 2.44. The van der Waals surface area contributed by atoms with Crippen LogP contribution in [0.15, 0.2) is 18.3 Å². The topological polar surface area (TPSA) is 65.4 Å². The van der Waals surface area contributed by atoms with E-state index >= 15 is 0 Å². The van der Waals surface area contributed by atoms with Crippen LogP contribution in [0.1, 0.15) is 23.5 Å². The van der Waals surface area contributed by atoms with Crippen LogP contribution in [0.5, 0.6) is 11.5 Å². The number of benzene rings is 1. The van der Waals surface area contributed by atoms with Gasteiger partial charge in [-0.25, -0.2) is 0 Å². The van der Waals surface area contributed by atoms with Gasteiger partial charge in [0, 0.05) is 24.9 Å². The molecule has 1 N–H and O–H groups in total. The number of anilines is 1. The van der Waals surface area contributed by atoms with Crippen LogP contribution in [0.25, 0.3) is 0 Å². The van der Waals surface area contributed by atoms with Gasteiger partial charge in [-0.1, -0.05) is 11.6 Å². The summed E-state index contributed by atoms with van der Waals surface area (Å²) in [4.78, 5) is 11.9. The fourth-order valence-electron chi connectivity index (χ4n) is 2.83. The Morgan fingerprint density at radius 1 is 1.43 bits per heavy atom. The van der Waals surface area contributed by atoms with Crippen LogP contribution >= 0.6 is 11.6 Å². The first-order valence-corrected chi connectivity index (χ1v) is 6.92. The van der Waals surface area contributed by atoms with Crippen molar-refractivity contribution >= 4 is 23.3 Å². The first-order chi connectivity index (χ1) is 10.1. The first kappa shape index (κ1) is 12.5. The van der Waals surface area contributed by atoms with Crippen LogP contribution in [0.2, 0.25) is 5.02 Å². The maximum Gasteiger partial charge on any atom is 0.231 e. The summed E-state index contributed by atoms with van der Waals surface area (Å²) in [7, 11) is 1.80. The van der Waals surface area contributed by atoms with Gasteiger partial charge in [-0.15, -0.1) is 0 Å². The molecule has 7 heteroatoms. The maximum atomic E-state index is 11.9. The molecule has 0 saturated carbocycles. The fraction of sp³-hybridized carbons (Fsp3) is 0.286. The number of aryl methyl sites for hydroxylation is 1. The summed E-state index contributed by atoms with van der Waals surface area (Å²) < 4.78 is 12.4. The molecular formula is C14H12ClN3O3. The number of hydrogen-bond acceptors (Lipinski definition) is 4. The van der Waals surface area contributed by atoms with Gasteiger partial charge in [0.1, 0.15) is 5.82 Å². The van der Waals surface area contributed by atoms with E-state index in [0.717, 1.165) is 16.9 Å². The summed E-state index contributed by atoms with van der Waals surface area (Å²) in [5.74, 6) is 1.78. The predicted octanol–water partition coefficient (Wildman–Crippen LogP) is 2.28. The van der Waals surface area contributed by atoms with E-state index in [1.54, 1.807) is 17.9 Å². The van der Waals surface area contributed by atoms with Crippen molar-refractivity contribution in [3.63, 3.8) is 0 Å². The third-order valence-corrected chi connectivity index (χ3v) is 4.12. The zero-order chi connectivity index (χ0) is 14.6. The van der Waals surface area contributed by atoms with Crippen molar-refractivity contribution in [3.05, 3.63) is 34.5 Å². The molecule has 0 fully saturated rings. The lowest BCUT2D eigenvalue weighted by molar-refractivity contribution is -0.116. The van der Waals surface area contributed by atoms with Crippen LogP contribution < -0.4 is 14.8 Å². The fourth-order valence-corrected chi connectivity index (χ4v) is 3.10. The summed E-state index contributed by atoms with van der Waals surface area (Å²) in [5, 5.41) is 7.56. The lowest BCUT2D eigenvalue weighted by Crippen LogP contribution is -2.24. The van der Waals surface area contributed by atoms with Gasteiger partial charge < -0.3 is 14.8 Å². The molecule has 1 atom stereocenters. The molecule has 0 radical (unpaired) electrons. The number of nitrogens with one attached hydrogen (secondary N) is 1. The van der Waals surface area contributed by atoms with Crippen molar-refractivity contribution in [2.75, 3.05) is 12.1 Å². The molecule has 21 heavy (non-hydrogen) atoms. The molecule has 2 aromatic rings. The lowest BCUT2D eigenvalue weighted by Gasteiger charge is -2.23. The Balaban J connectivity index is 1.84. The van der Waals surface area contributed by atoms with Crippen molar-refractivity contribution in [1.82, 2.24) is 9.78 Å². The monoisotopic (exact) mass is 305 g/mol. The van der Waals surface area contributed by atoms with Crippen molar-refractivity contribution < 1.29 is 14.3 Å². The molecule has 1 amide bonds. The second-order valence-electron chi connectivity index (χ2n) is 5.11. The number of rotatable bonds is 1. The third-order valence-electron chi connectivity index (χ3n) is 3.84. The Hall–Kier alpha value is -2.21. The minimum absolute atomic E-state index is 0.0371. The molecule has 6 nitrogen and oxygen atoms in total. The van der Waals surface area contributed by atoms with Crippen LogP contribution in [0.4, 0.5) is 5.82 Å². The van der Waals surface area contributed by atoms with Gasteiger partial charge in [0.05, 0.1) is 11.2 Å². The van der Waals surface area contributed by atoms with E-state index in [9.17, 15) is 4.79 Å². The zero-order valence-corrected chi connectivity index (χ0v) is 12.0. The van der Waals surface area contributed by atoms with E-state index in [2.05, 4.69) is 10.4 Å². The highest BCUT2D eigenvalue weighted by Gasteiger charge is 2.31. The second kappa shape index (κ2) is 4.39.